The fourth-order valence-corrected chi connectivity index (χ4v) is 3.20. The number of benzene rings is 2. The molecule has 0 spiro atoms. The molecule has 7 nitrogen and oxygen atoms in total. The van der Waals surface area contributed by atoms with Crippen molar-refractivity contribution in [2.24, 2.45) is 0 Å². The highest BCUT2D eigenvalue weighted by atomic mass is 32.3. The van der Waals surface area contributed by atoms with E-state index < -0.39 is 10.4 Å². The van der Waals surface area contributed by atoms with Crippen LogP contribution in [0.15, 0.2) is 66.4 Å². The van der Waals surface area contributed by atoms with Crippen molar-refractivity contribution in [3.8, 4) is 0 Å². The van der Waals surface area contributed by atoms with Crippen LogP contribution in [0.4, 0.5) is 0 Å². The van der Waals surface area contributed by atoms with Crippen LogP contribution in [-0.2, 0) is 19.3 Å². The molecule has 0 saturated carbocycles. The van der Waals surface area contributed by atoms with E-state index in [0.29, 0.717) is 0 Å². The van der Waals surface area contributed by atoms with Gasteiger partial charge in [0.2, 0.25) is 10.4 Å². The summed E-state index contributed by atoms with van der Waals surface area (Å²) < 4.78 is 37.3. The number of nitrogens with one attached hydrogen (secondary N) is 1. The predicted octanol–water partition coefficient (Wildman–Crippen LogP) is 1.99. The largest absolute Gasteiger partial charge is 0.726 e. The van der Waals surface area contributed by atoms with E-state index in [1.807, 2.05) is 0 Å². The molecule has 158 valence electrons. The Hall–Kier alpha value is -2.23. The van der Waals surface area contributed by atoms with Gasteiger partial charge in [-0.2, -0.15) is 0 Å². The first kappa shape index (κ1) is 23.1. The van der Waals surface area contributed by atoms with Gasteiger partial charge in [0.1, 0.15) is 6.04 Å². The van der Waals surface area contributed by atoms with Gasteiger partial charge >= 0.3 is 0 Å². The number of ether oxygens (including phenoxy) is 1. The molecule has 0 amide bonds. The number of rotatable bonds is 5. The van der Waals surface area contributed by atoms with Crippen molar-refractivity contribution in [3.63, 3.8) is 0 Å². The van der Waals surface area contributed by atoms with Crippen LogP contribution in [0.2, 0.25) is 0 Å². The van der Waals surface area contributed by atoms with Crippen LogP contribution in [-0.4, -0.2) is 45.3 Å². The van der Waals surface area contributed by atoms with Crippen LogP contribution < -0.4 is 5.01 Å². The lowest BCUT2D eigenvalue weighted by Crippen LogP contribution is -3.11. The first-order valence-corrected chi connectivity index (χ1v) is 10.6. The summed E-state index contributed by atoms with van der Waals surface area (Å²) in [5.74, 6) is 1.05. The predicted molar refractivity (Wildman–Crippen MR) is 110 cm³/mol. The van der Waals surface area contributed by atoms with Crippen molar-refractivity contribution in [3.05, 3.63) is 77.5 Å². The monoisotopic (exact) mass is 420 g/mol. The average molecular weight is 421 g/mol. The fraction of sp³-hybridized carbons (Fsp3) is 0.333. The van der Waals surface area contributed by atoms with E-state index >= 15 is 0 Å². The lowest BCUT2D eigenvalue weighted by molar-refractivity contribution is -0.928. The van der Waals surface area contributed by atoms with E-state index in [2.05, 4.69) is 97.8 Å². The lowest BCUT2D eigenvalue weighted by atomic mass is 10.0. The normalized spacial score (nSPS) is 19.8. The Balaban J connectivity index is 0.000000438. The molecule has 1 N–H and O–H groups in total. The summed E-state index contributed by atoms with van der Waals surface area (Å²) in [5.41, 5.74) is 3.69. The molecule has 0 aliphatic carbocycles. The Labute approximate surface area is 173 Å². The molecule has 8 heteroatoms. The Morgan fingerprint density at radius 1 is 1.03 bits per heavy atom. The highest BCUT2D eigenvalue weighted by Gasteiger charge is 2.43. The van der Waals surface area contributed by atoms with Crippen LogP contribution in [0.3, 0.4) is 0 Å². The average Bonchev–Trinajstić information content (AvgIpc) is 2.92. The summed E-state index contributed by atoms with van der Waals surface area (Å²) in [5, 5.41) is 3.57. The van der Waals surface area contributed by atoms with Crippen molar-refractivity contribution >= 4 is 16.1 Å². The van der Waals surface area contributed by atoms with E-state index in [-0.39, 0.29) is 12.1 Å². The third-order valence-corrected chi connectivity index (χ3v) is 4.93. The van der Waals surface area contributed by atoms with Gasteiger partial charge in [0.05, 0.1) is 20.3 Å². The third kappa shape index (κ3) is 6.12. The first-order valence-electron chi connectivity index (χ1n) is 9.25. The number of nitrogens with zero attached hydrogens (tertiary/aromatic N) is 1. The van der Waals surface area contributed by atoms with Gasteiger partial charge in [-0.1, -0.05) is 48.5 Å². The summed E-state index contributed by atoms with van der Waals surface area (Å²) in [4.78, 5) is 0. The zero-order valence-corrected chi connectivity index (χ0v) is 18.1. The molecule has 0 radical (unpaired) electrons. The van der Waals surface area contributed by atoms with Crippen molar-refractivity contribution < 1.29 is 26.9 Å². The molecule has 1 aliphatic rings. The number of likely N-dealkylation sites (N-methyl/N-ethyl adjacent to an activating group) is 1. The maximum Gasteiger partial charge on any atom is 0.217 e. The van der Waals surface area contributed by atoms with E-state index in [1.165, 1.54) is 21.8 Å². The number of hydrogen-bond donors (Lipinski definition) is 1. The topological polar surface area (TPSA) is 83.3 Å². The summed E-state index contributed by atoms with van der Waals surface area (Å²) in [7, 11) is 0.717. The van der Waals surface area contributed by atoms with E-state index in [4.69, 9.17) is 4.74 Å². The second kappa shape index (κ2) is 10.00. The SMILES string of the molecule is CC(C)OC1=C(c2ccccc2)[NH+](C)N(C)C1c1ccccc1.COS(=O)(=O)[O-]. The standard InChI is InChI=1S/C20H24N2O.CH4O4S/c1-15(2)23-20-18(16-11-7-5-8-12-16)21(3)22(4)19(20)17-13-9-6-10-14-17;1-5-6(2,3)4/h5-15,18H,1-4H3;1H3,(H,2,3,4). The van der Waals surface area contributed by atoms with Crippen LogP contribution >= 0.6 is 0 Å². The van der Waals surface area contributed by atoms with Crippen molar-refractivity contribution in [2.75, 3.05) is 21.2 Å². The molecule has 0 aromatic heterocycles. The molecule has 0 bridgehead atoms. The zero-order chi connectivity index (χ0) is 21.6. The fourth-order valence-electron chi connectivity index (χ4n) is 3.20. The molecule has 1 aliphatic heterocycles. The molecule has 1 heterocycles. The molecular formula is C21H28N2O5S. The van der Waals surface area contributed by atoms with E-state index in [0.717, 1.165) is 12.9 Å². The molecular weight excluding hydrogens is 392 g/mol. The molecule has 2 aromatic rings. The molecule has 2 aromatic carbocycles. The van der Waals surface area contributed by atoms with Gasteiger partial charge in [-0.05, 0) is 31.5 Å². The number of hydrogen-bond acceptors (Lipinski definition) is 6. The maximum absolute atomic E-state index is 9.22. The summed E-state index contributed by atoms with van der Waals surface area (Å²) in [6.07, 6.45) is 0.147. The van der Waals surface area contributed by atoms with Crippen molar-refractivity contribution in [1.82, 2.24) is 5.01 Å². The minimum Gasteiger partial charge on any atom is -0.726 e. The van der Waals surface area contributed by atoms with Gasteiger partial charge < -0.3 is 9.29 Å². The summed E-state index contributed by atoms with van der Waals surface area (Å²) in [6, 6.07) is 21.2. The Morgan fingerprint density at radius 2 is 1.52 bits per heavy atom. The van der Waals surface area contributed by atoms with Gasteiger partial charge in [0, 0.05) is 12.6 Å². The molecule has 2 atom stereocenters. The second-order valence-electron chi connectivity index (χ2n) is 6.86. The first-order chi connectivity index (χ1) is 13.7. The maximum atomic E-state index is 9.22. The zero-order valence-electron chi connectivity index (χ0n) is 17.3. The van der Waals surface area contributed by atoms with Crippen LogP contribution in [0.5, 0.6) is 0 Å². The molecule has 29 heavy (non-hydrogen) atoms. The van der Waals surface area contributed by atoms with Crippen LogP contribution in [0.1, 0.15) is 31.0 Å². The highest BCUT2D eigenvalue weighted by molar-refractivity contribution is 7.80. The van der Waals surface area contributed by atoms with Gasteiger partial charge in [0.15, 0.2) is 11.5 Å². The van der Waals surface area contributed by atoms with E-state index in [1.54, 1.807) is 0 Å². The highest BCUT2D eigenvalue weighted by Crippen LogP contribution is 2.35. The molecule has 0 fully saturated rings. The quantitative estimate of drug-likeness (QED) is 0.588. The summed E-state index contributed by atoms with van der Waals surface area (Å²) >= 11 is 0. The minimum absolute atomic E-state index is 0.133. The van der Waals surface area contributed by atoms with Gasteiger partial charge in [0.25, 0.3) is 0 Å². The Morgan fingerprint density at radius 3 is 1.97 bits per heavy atom. The number of quaternary nitrogens is 1. The second-order valence-corrected chi connectivity index (χ2v) is 8.01. The Kier molecular flexibility index (Phi) is 7.95. The van der Waals surface area contributed by atoms with Crippen molar-refractivity contribution in [2.45, 2.75) is 26.0 Å². The van der Waals surface area contributed by atoms with Crippen LogP contribution in [0.25, 0.3) is 5.70 Å². The van der Waals surface area contributed by atoms with Gasteiger partial charge in [-0.25, -0.2) is 13.4 Å². The third-order valence-electron chi connectivity index (χ3n) is 4.52. The van der Waals surface area contributed by atoms with Crippen LogP contribution in [0, 0.1) is 0 Å². The van der Waals surface area contributed by atoms with Crippen molar-refractivity contribution in [1.29, 1.82) is 0 Å². The smallest absolute Gasteiger partial charge is 0.217 e. The molecule has 3 rings (SSSR count). The van der Waals surface area contributed by atoms with Gasteiger partial charge in [-0.15, -0.1) is 5.01 Å². The Bertz CT molecular complexity index is 915. The summed E-state index contributed by atoms with van der Waals surface area (Å²) in [6.45, 7) is 4.18. The molecule has 2 unspecified atom stereocenters. The van der Waals surface area contributed by atoms with Gasteiger partial charge in [-0.3, -0.25) is 4.18 Å². The molecule has 0 saturated heterocycles. The lowest BCUT2D eigenvalue weighted by Gasteiger charge is -2.24. The minimum atomic E-state index is -4.41. The van der Waals surface area contributed by atoms with E-state index in [9.17, 15) is 13.0 Å².